The van der Waals surface area contributed by atoms with E-state index < -0.39 is 0 Å². The lowest BCUT2D eigenvalue weighted by atomic mass is 10.2. The zero-order valence-corrected chi connectivity index (χ0v) is 15.3. The minimum Gasteiger partial charge on any atom is -0.497 e. The molecule has 5 heteroatoms. The number of amides is 1. The summed E-state index contributed by atoms with van der Waals surface area (Å²) in [5.41, 5.74) is 1.36. The van der Waals surface area contributed by atoms with Gasteiger partial charge in [0.1, 0.15) is 5.75 Å². The van der Waals surface area contributed by atoms with Crippen molar-refractivity contribution in [1.82, 2.24) is 5.32 Å². The zero-order valence-electron chi connectivity index (χ0n) is 15.3. The molecule has 0 radical (unpaired) electrons. The lowest BCUT2D eigenvalue weighted by molar-refractivity contribution is 0.0958. The Morgan fingerprint density at radius 3 is 2.35 bits per heavy atom. The Balaban J connectivity index is 1.97. The molecule has 0 saturated heterocycles. The van der Waals surface area contributed by atoms with Crippen LogP contribution in [0, 0.1) is 11.8 Å². The van der Waals surface area contributed by atoms with Crippen molar-refractivity contribution in [3.63, 3.8) is 0 Å². The zero-order chi connectivity index (χ0) is 18.8. The fourth-order valence-corrected chi connectivity index (χ4v) is 2.24. The Morgan fingerprint density at radius 1 is 1.00 bits per heavy atom. The summed E-state index contributed by atoms with van der Waals surface area (Å²) in [4.78, 5) is 12.3. The predicted molar refractivity (Wildman–Crippen MR) is 101 cm³/mol. The molecule has 1 N–H and O–H groups in total. The molecular weight excluding hydrogens is 330 g/mol. The van der Waals surface area contributed by atoms with E-state index in [0.717, 1.165) is 11.3 Å². The van der Waals surface area contributed by atoms with Crippen LogP contribution in [0.4, 0.5) is 0 Å². The number of rotatable bonds is 7. The van der Waals surface area contributed by atoms with E-state index in [4.69, 9.17) is 14.2 Å². The Labute approximate surface area is 154 Å². The van der Waals surface area contributed by atoms with E-state index in [2.05, 4.69) is 17.2 Å². The van der Waals surface area contributed by atoms with Crippen LogP contribution in [0.2, 0.25) is 0 Å². The van der Waals surface area contributed by atoms with E-state index in [1.165, 1.54) is 0 Å². The van der Waals surface area contributed by atoms with Crippen LogP contribution in [0.25, 0.3) is 0 Å². The van der Waals surface area contributed by atoms with Crippen molar-refractivity contribution in [2.24, 2.45) is 0 Å². The summed E-state index contributed by atoms with van der Waals surface area (Å²) in [6.07, 6.45) is 0. The number of carbonyl (C=O) groups excluding carboxylic acids is 1. The second kappa shape index (κ2) is 10.00. The van der Waals surface area contributed by atoms with Crippen LogP contribution in [0.15, 0.2) is 42.5 Å². The van der Waals surface area contributed by atoms with Crippen molar-refractivity contribution in [2.75, 3.05) is 26.9 Å². The quantitative estimate of drug-likeness (QED) is 0.776. The highest BCUT2D eigenvalue weighted by molar-refractivity contribution is 5.95. The molecule has 0 aliphatic rings. The molecule has 0 saturated carbocycles. The molecule has 2 aromatic rings. The first-order chi connectivity index (χ1) is 12.7. The third kappa shape index (κ3) is 5.45. The van der Waals surface area contributed by atoms with E-state index >= 15 is 0 Å². The molecule has 0 aromatic heterocycles. The summed E-state index contributed by atoms with van der Waals surface area (Å²) in [7, 11) is 1.62. The summed E-state index contributed by atoms with van der Waals surface area (Å²) >= 11 is 0. The highest BCUT2D eigenvalue weighted by atomic mass is 16.5. The van der Waals surface area contributed by atoms with E-state index in [9.17, 15) is 4.79 Å². The maximum atomic E-state index is 12.3. The molecule has 0 unspecified atom stereocenters. The van der Waals surface area contributed by atoms with Crippen molar-refractivity contribution in [2.45, 2.75) is 13.8 Å². The molecule has 2 rings (SSSR count). The summed E-state index contributed by atoms with van der Waals surface area (Å²) < 4.78 is 16.1. The third-order valence-electron chi connectivity index (χ3n) is 3.47. The average Bonchev–Trinajstić information content (AvgIpc) is 2.67. The largest absolute Gasteiger partial charge is 0.497 e. The normalized spacial score (nSPS) is 9.65. The summed E-state index contributed by atoms with van der Waals surface area (Å²) in [5.74, 6) is 7.69. The van der Waals surface area contributed by atoms with E-state index in [0.29, 0.717) is 30.3 Å². The molecule has 5 nitrogen and oxygen atoms in total. The number of hydrogen-bond acceptors (Lipinski definition) is 4. The molecule has 0 bridgehead atoms. The topological polar surface area (TPSA) is 56.8 Å². The maximum absolute atomic E-state index is 12.3. The number of hydrogen-bond donors (Lipinski definition) is 1. The lowest BCUT2D eigenvalue weighted by Gasteiger charge is -2.12. The van der Waals surface area contributed by atoms with Gasteiger partial charge < -0.3 is 19.5 Å². The average molecular weight is 353 g/mol. The minimum absolute atomic E-state index is 0.210. The van der Waals surface area contributed by atoms with Gasteiger partial charge in [-0.3, -0.25) is 4.79 Å². The van der Waals surface area contributed by atoms with Crippen molar-refractivity contribution < 1.29 is 19.0 Å². The van der Waals surface area contributed by atoms with E-state index in [-0.39, 0.29) is 12.5 Å². The van der Waals surface area contributed by atoms with Gasteiger partial charge in [0, 0.05) is 11.1 Å². The third-order valence-corrected chi connectivity index (χ3v) is 3.47. The first kappa shape index (κ1) is 19.2. The SMILES string of the molecule is CCOc1ccc(C(=O)NCC#Cc2ccc(OC)cc2)cc1OCC. The van der Waals surface area contributed by atoms with Gasteiger partial charge in [-0.15, -0.1) is 0 Å². The van der Waals surface area contributed by atoms with Gasteiger partial charge in [-0.05, 0) is 56.3 Å². The van der Waals surface area contributed by atoms with Crippen LogP contribution < -0.4 is 19.5 Å². The van der Waals surface area contributed by atoms with Crippen LogP contribution in [-0.4, -0.2) is 32.8 Å². The lowest BCUT2D eigenvalue weighted by Crippen LogP contribution is -2.23. The molecule has 0 spiro atoms. The Hall–Kier alpha value is -3.13. The minimum atomic E-state index is -0.210. The molecule has 0 atom stereocenters. The Bertz CT molecular complexity index is 788. The van der Waals surface area contributed by atoms with Crippen molar-refractivity contribution in [1.29, 1.82) is 0 Å². The van der Waals surface area contributed by atoms with Crippen LogP contribution in [0.1, 0.15) is 29.8 Å². The monoisotopic (exact) mass is 353 g/mol. The molecule has 1 amide bonds. The van der Waals surface area contributed by atoms with Crippen LogP contribution >= 0.6 is 0 Å². The van der Waals surface area contributed by atoms with Crippen LogP contribution in [-0.2, 0) is 0 Å². The molecular formula is C21H23NO4. The number of carbonyl (C=O) groups is 1. The van der Waals surface area contributed by atoms with Crippen LogP contribution in [0.5, 0.6) is 17.2 Å². The maximum Gasteiger partial charge on any atom is 0.252 e. The predicted octanol–water partition coefficient (Wildman–Crippen LogP) is 3.27. The van der Waals surface area contributed by atoms with Gasteiger partial charge in [0.15, 0.2) is 11.5 Å². The van der Waals surface area contributed by atoms with Gasteiger partial charge >= 0.3 is 0 Å². The summed E-state index contributed by atoms with van der Waals surface area (Å²) in [6, 6.07) is 12.6. The van der Waals surface area contributed by atoms with Gasteiger partial charge in [-0.2, -0.15) is 0 Å². The highest BCUT2D eigenvalue weighted by Gasteiger charge is 2.10. The van der Waals surface area contributed by atoms with Gasteiger partial charge in [0.2, 0.25) is 0 Å². The van der Waals surface area contributed by atoms with Crippen molar-refractivity contribution in [3.8, 4) is 29.1 Å². The summed E-state index contributed by atoms with van der Waals surface area (Å²) in [5, 5.41) is 2.78. The molecule has 0 fully saturated rings. The van der Waals surface area contributed by atoms with Crippen LogP contribution in [0.3, 0.4) is 0 Å². The van der Waals surface area contributed by atoms with Gasteiger partial charge in [-0.1, -0.05) is 11.8 Å². The first-order valence-electron chi connectivity index (χ1n) is 8.48. The molecule has 0 aliphatic carbocycles. The molecule has 136 valence electrons. The number of ether oxygens (including phenoxy) is 3. The van der Waals surface area contributed by atoms with Gasteiger partial charge in [0.05, 0.1) is 26.9 Å². The van der Waals surface area contributed by atoms with Crippen molar-refractivity contribution in [3.05, 3.63) is 53.6 Å². The molecule has 0 aliphatic heterocycles. The van der Waals surface area contributed by atoms with Gasteiger partial charge in [-0.25, -0.2) is 0 Å². The Kier molecular flexibility index (Phi) is 7.38. The smallest absolute Gasteiger partial charge is 0.252 e. The molecule has 26 heavy (non-hydrogen) atoms. The summed E-state index contributed by atoms with van der Waals surface area (Å²) in [6.45, 7) is 5.07. The van der Waals surface area contributed by atoms with Crippen molar-refractivity contribution >= 4 is 5.91 Å². The number of methoxy groups -OCH3 is 1. The fourth-order valence-electron chi connectivity index (χ4n) is 2.24. The standard InChI is InChI=1S/C21H23NO4/c1-4-25-19-13-10-17(15-20(19)26-5-2)21(23)22-14-6-7-16-8-11-18(24-3)12-9-16/h8-13,15H,4-5,14H2,1-3H3,(H,22,23). The van der Waals surface area contributed by atoms with E-state index in [1.807, 2.05) is 38.1 Å². The second-order valence-electron chi connectivity index (χ2n) is 5.24. The first-order valence-corrected chi connectivity index (χ1v) is 8.48. The van der Waals surface area contributed by atoms with Gasteiger partial charge in [0.25, 0.3) is 5.91 Å². The molecule has 2 aromatic carbocycles. The second-order valence-corrected chi connectivity index (χ2v) is 5.24. The van der Waals surface area contributed by atoms with E-state index in [1.54, 1.807) is 25.3 Å². The fraction of sp³-hybridized carbons (Fsp3) is 0.286. The highest BCUT2D eigenvalue weighted by Crippen LogP contribution is 2.28. The Morgan fingerprint density at radius 2 is 1.69 bits per heavy atom. The number of benzene rings is 2. The number of nitrogens with one attached hydrogen (secondary N) is 1. The molecule has 0 heterocycles.